The Hall–Kier alpha value is -3.66. The van der Waals surface area contributed by atoms with Gasteiger partial charge in [0.15, 0.2) is 0 Å². The summed E-state index contributed by atoms with van der Waals surface area (Å²) in [5, 5.41) is 14.8. The molecule has 3 aliphatic rings. The summed E-state index contributed by atoms with van der Waals surface area (Å²) >= 11 is 0. The van der Waals surface area contributed by atoms with Crippen LogP contribution in [-0.2, 0) is 8.85 Å². The largest absolute Gasteiger partial charge is 0.404 e. The molecule has 4 aromatic carbocycles. The molecule has 0 amide bonds. The first-order chi connectivity index (χ1) is 30.8. The van der Waals surface area contributed by atoms with E-state index in [1.54, 1.807) is 0 Å². The van der Waals surface area contributed by atoms with Gasteiger partial charge in [-0.15, -0.1) is 0 Å². The Balaban J connectivity index is 1.34. The average Bonchev–Trinajstić information content (AvgIpc) is 3.64. The van der Waals surface area contributed by atoms with Crippen LogP contribution >= 0.6 is 0 Å². The number of aliphatic hydroxyl groups is 1. The lowest BCUT2D eigenvalue weighted by Gasteiger charge is -2.49. The van der Waals surface area contributed by atoms with Crippen molar-refractivity contribution in [2.24, 2.45) is 23.2 Å². The zero-order valence-corrected chi connectivity index (χ0v) is 43.4. The van der Waals surface area contributed by atoms with E-state index >= 15 is 4.39 Å². The molecule has 348 valence electrons. The summed E-state index contributed by atoms with van der Waals surface area (Å²) in [7, 11) is -6.09. The van der Waals surface area contributed by atoms with E-state index in [9.17, 15) is 5.11 Å². The molecule has 0 spiro atoms. The third-order valence-electron chi connectivity index (χ3n) is 15.9. The second-order valence-electron chi connectivity index (χ2n) is 22.9. The van der Waals surface area contributed by atoms with Crippen LogP contribution in [0.3, 0.4) is 0 Å². The molecule has 7 rings (SSSR count). The van der Waals surface area contributed by atoms with Gasteiger partial charge in [0.25, 0.3) is 16.6 Å². The highest BCUT2D eigenvalue weighted by Gasteiger charge is 2.56. The SMILES string of the molecule is C[C@H](CCCC(C)(C)O)[C@H]1CC[C@H]2/C(=C/C=C3/C[C@@H](O[Si](c4ccccc4)(c4ccccc4)C(C)(C)C)C[C@H](O[Si](c4ccccc4)(c4ccccc4)C(C)(C)C)/C3=C/F)CCC[C@]12C. The van der Waals surface area contributed by atoms with Crippen LogP contribution < -0.4 is 20.7 Å². The Morgan fingerprint density at radius 3 is 1.63 bits per heavy atom. The van der Waals surface area contributed by atoms with Crippen molar-refractivity contribution in [2.75, 3.05) is 0 Å². The number of rotatable bonds is 14. The average molecular weight is 911 g/mol. The second kappa shape index (κ2) is 19.9. The van der Waals surface area contributed by atoms with E-state index in [0.717, 1.165) is 37.6 Å². The van der Waals surface area contributed by atoms with Crippen molar-refractivity contribution in [1.29, 1.82) is 0 Å². The maximum Gasteiger partial charge on any atom is 0.261 e. The minimum absolute atomic E-state index is 0.219. The highest BCUT2D eigenvalue weighted by Crippen LogP contribution is 2.60. The molecule has 0 radical (unpaired) electrons. The molecular formula is C59H79FO3Si2. The van der Waals surface area contributed by atoms with E-state index in [4.69, 9.17) is 8.85 Å². The van der Waals surface area contributed by atoms with Gasteiger partial charge in [-0.25, -0.2) is 4.39 Å². The van der Waals surface area contributed by atoms with Crippen molar-refractivity contribution >= 4 is 37.4 Å². The molecule has 65 heavy (non-hydrogen) atoms. The van der Waals surface area contributed by atoms with Crippen LogP contribution in [-0.4, -0.2) is 39.6 Å². The van der Waals surface area contributed by atoms with Gasteiger partial charge in [0.2, 0.25) is 0 Å². The lowest BCUT2D eigenvalue weighted by Crippen LogP contribution is -2.69. The van der Waals surface area contributed by atoms with Crippen LogP contribution in [0.4, 0.5) is 4.39 Å². The third-order valence-corrected chi connectivity index (χ3v) is 26.1. The third kappa shape index (κ3) is 10.1. The Bertz CT molecular complexity index is 2170. The molecule has 1 N–H and O–H groups in total. The predicted octanol–water partition coefficient (Wildman–Crippen LogP) is 13.2. The summed E-state index contributed by atoms with van der Waals surface area (Å²) in [5.41, 5.74) is 2.79. The summed E-state index contributed by atoms with van der Waals surface area (Å²) in [5.74, 6) is 1.79. The topological polar surface area (TPSA) is 38.7 Å². The number of fused-ring (bicyclic) bond motifs is 1. The van der Waals surface area contributed by atoms with Crippen molar-refractivity contribution in [3.63, 3.8) is 0 Å². The molecule has 0 aromatic heterocycles. The molecule has 6 atom stereocenters. The normalized spacial score (nSPS) is 25.8. The lowest BCUT2D eigenvalue weighted by atomic mass is 9.60. The highest BCUT2D eigenvalue weighted by atomic mass is 28.4. The fourth-order valence-corrected chi connectivity index (χ4v) is 22.2. The molecule has 3 aliphatic carbocycles. The van der Waals surface area contributed by atoms with Crippen LogP contribution in [0.25, 0.3) is 0 Å². The summed E-state index contributed by atoms with van der Waals surface area (Å²) < 4.78 is 32.2. The monoisotopic (exact) mass is 911 g/mol. The number of hydrogen-bond donors (Lipinski definition) is 1. The first kappa shape index (κ1) is 49.3. The van der Waals surface area contributed by atoms with Gasteiger partial charge in [0.05, 0.1) is 24.1 Å². The Labute approximate surface area is 394 Å². The summed E-state index contributed by atoms with van der Waals surface area (Å²) in [6, 6.07) is 43.4. The van der Waals surface area contributed by atoms with Crippen LogP contribution in [0.1, 0.15) is 133 Å². The van der Waals surface area contributed by atoms with E-state index in [0.29, 0.717) is 36.2 Å². The molecule has 0 aliphatic heterocycles. The van der Waals surface area contributed by atoms with Crippen molar-refractivity contribution < 1.29 is 18.3 Å². The Morgan fingerprint density at radius 1 is 0.708 bits per heavy atom. The molecule has 4 aromatic rings. The predicted molar refractivity (Wildman–Crippen MR) is 277 cm³/mol. The van der Waals surface area contributed by atoms with Gasteiger partial charge in [-0.1, -0.05) is 207 Å². The number of allylic oxidation sites excluding steroid dienone is 3. The maximum absolute atomic E-state index is 16.3. The minimum atomic E-state index is -3.11. The van der Waals surface area contributed by atoms with Gasteiger partial charge < -0.3 is 14.0 Å². The fraction of sp³-hybridized carbons (Fsp3) is 0.492. The smallest absolute Gasteiger partial charge is 0.261 e. The van der Waals surface area contributed by atoms with Crippen molar-refractivity contribution in [3.8, 4) is 0 Å². The molecule has 6 heteroatoms. The maximum atomic E-state index is 16.3. The molecule has 0 unspecified atom stereocenters. The van der Waals surface area contributed by atoms with E-state index in [1.165, 1.54) is 52.0 Å². The minimum Gasteiger partial charge on any atom is -0.404 e. The standard InChI is InChI=1S/C59H79FO3Si2/c1-44(25-23-39-58(8,9)61)53-37-38-54-45(26-24-40-59(53,54)10)35-36-46-41-47(62-64(56(2,3)4,48-27-15-11-16-28-48)49-29-17-12-18-30-49)42-55(52(46)43-60)63-65(57(5,6)7,50-31-19-13-20-32-50)51-33-21-14-22-34-51/h11-22,27-36,43-44,47,53-55,61H,23-26,37-42H2,1-10H3/b45-35+,46-36-,52-43+/t44-,47-,53-,54+,55+,59-/m1/s1. The van der Waals surface area contributed by atoms with E-state index < -0.39 is 28.3 Å². The Kier molecular flexibility index (Phi) is 15.1. The quantitative estimate of drug-likeness (QED) is 0.128. The number of hydrogen-bond acceptors (Lipinski definition) is 3. The molecule has 3 saturated carbocycles. The van der Waals surface area contributed by atoms with Gasteiger partial charge in [-0.05, 0) is 118 Å². The van der Waals surface area contributed by atoms with Gasteiger partial charge >= 0.3 is 0 Å². The Morgan fingerprint density at radius 2 is 1.18 bits per heavy atom. The van der Waals surface area contributed by atoms with Gasteiger partial charge in [-0.3, -0.25) is 0 Å². The second-order valence-corrected chi connectivity index (χ2v) is 31.4. The van der Waals surface area contributed by atoms with Gasteiger partial charge in [0, 0.05) is 12.0 Å². The van der Waals surface area contributed by atoms with Crippen molar-refractivity contribution in [1.82, 2.24) is 0 Å². The first-order valence-electron chi connectivity index (χ1n) is 24.8. The molecule has 3 nitrogen and oxygen atoms in total. The summed E-state index contributed by atoms with van der Waals surface area (Å²) in [4.78, 5) is 0. The van der Waals surface area contributed by atoms with Gasteiger partial charge in [0.1, 0.15) is 0 Å². The fourth-order valence-electron chi connectivity index (χ4n) is 12.9. The lowest BCUT2D eigenvalue weighted by molar-refractivity contribution is 0.0596. The van der Waals surface area contributed by atoms with Gasteiger partial charge in [-0.2, -0.15) is 0 Å². The molecule has 0 saturated heterocycles. The summed E-state index contributed by atoms with van der Waals surface area (Å²) in [6.45, 7) is 22.8. The van der Waals surface area contributed by atoms with Crippen LogP contribution in [0, 0.1) is 23.2 Å². The zero-order chi connectivity index (χ0) is 46.7. The van der Waals surface area contributed by atoms with E-state index in [2.05, 4.69) is 189 Å². The van der Waals surface area contributed by atoms with Crippen LogP contribution in [0.2, 0.25) is 10.1 Å². The zero-order valence-electron chi connectivity index (χ0n) is 41.4. The van der Waals surface area contributed by atoms with E-state index in [1.807, 2.05) is 13.8 Å². The molecule has 3 fully saturated rings. The highest BCUT2D eigenvalue weighted by molar-refractivity contribution is 7.00. The number of halogens is 1. The van der Waals surface area contributed by atoms with E-state index in [-0.39, 0.29) is 21.6 Å². The van der Waals surface area contributed by atoms with Crippen LogP contribution in [0.15, 0.2) is 157 Å². The van der Waals surface area contributed by atoms with Crippen molar-refractivity contribution in [3.05, 3.63) is 157 Å². The molecule has 0 heterocycles. The van der Waals surface area contributed by atoms with Crippen molar-refractivity contribution in [2.45, 2.75) is 161 Å². The molecular weight excluding hydrogens is 832 g/mol. The number of benzene rings is 4. The summed E-state index contributed by atoms with van der Waals surface area (Å²) in [6.07, 6.45) is 15.0. The first-order valence-corrected chi connectivity index (χ1v) is 28.7. The molecule has 0 bridgehead atoms. The van der Waals surface area contributed by atoms with Crippen LogP contribution in [0.5, 0.6) is 0 Å².